The molecule has 3 heteroatoms. The Morgan fingerprint density at radius 3 is 2.29 bits per heavy atom. The Hall–Kier alpha value is -0.990. The number of carbonyl (C=O) groups excluding carboxylic acids is 1. The zero-order valence-corrected chi connectivity index (χ0v) is 3.93. The van der Waals surface area contributed by atoms with Gasteiger partial charge in [-0.2, -0.15) is 0 Å². The molecular formula is C4H5O3-. The first-order valence-electron chi connectivity index (χ1n) is 1.62. The first-order chi connectivity index (χ1) is 3.18. The van der Waals surface area contributed by atoms with E-state index in [9.17, 15) is 9.90 Å². The molecule has 0 aromatic carbocycles. The van der Waals surface area contributed by atoms with Gasteiger partial charge in [-0.05, 0) is 0 Å². The first-order valence-corrected chi connectivity index (χ1v) is 1.62. The minimum Gasteiger partial charge on any atom is -0.542 e. The summed E-state index contributed by atoms with van der Waals surface area (Å²) in [7, 11) is 1.22. The van der Waals surface area contributed by atoms with Crippen molar-refractivity contribution in [3.63, 3.8) is 0 Å². The standard InChI is InChI=1S/C4H6O3/c1-3(7-2)4(5)6/h1H2,2H3,(H,5,6)/p-1. The SMILES string of the molecule is C=C(OC)C(=O)[O-]. The maximum atomic E-state index is 9.59. The Bertz CT molecular complexity index is 95.1. The number of aliphatic carboxylic acids is 1. The van der Waals surface area contributed by atoms with E-state index < -0.39 is 5.97 Å². The maximum Gasteiger partial charge on any atom is 0.134 e. The van der Waals surface area contributed by atoms with E-state index in [1.807, 2.05) is 0 Å². The van der Waals surface area contributed by atoms with Crippen molar-refractivity contribution in [3.8, 4) is 0 Å². The van der Waals surface area contributed by atoms with E-state index in [2.05, 4.69) is 11.3 Å². The molecule has 0 radical (unpaired) electrons. The monoisotopic (exact) mass is 101 g/mol. The number of hydrogen-bond acceptors (Lipinski definition) is 3. The van der Waals surface area contributed by atoms with Crippen LogP contribution < -0.4 is 5.11 Å². The van der Waals surface area contributed by atoms with Gasteiger partial charge in [-0.3, -0.25) is 0 Å². The van der Waals surface area contributed by atoms with Crippen LogP contribution in [0.4, 0.5) is 0 Å². The van der Waals surface area contributed by atoms with Crippen LogP contribution >= 0.6 is 0 Å². The predicted octanol–water partition coefficient (Wildman–Crippen LogP) is -1.10. The lowest BCUT2D eigenvalue weighted by Crippen LogP contribution is -2.24. The van der Waals surface area contributed by atoms with E-state index in [1.165, 1.54) is 7.11 Å². The van der Waals surface area contributed by atoms with Gasteiger partial charge in [0.2, 0.25) is 0 Å². The molecule has 0 aliphatic carbocycles. The highest BCUT2D eigenvalue weighted by molar-refractivity contribution is 5.81. The Labute approximate surface area is 41.2 Å². The van der Waals surface area contributed by atoms with Crippen molar-refractivity contribution in [2.45, 2.75) is 0 Å². The fourth-order valence-corrected chi connectivity index (χ4v) is 0.0833. The average molecular weight is 101 g/mol. The smallest absolute Gasteiger partial charge is 0.134 e. The molecule has 3 nitrogen and oxygen atoms in total. The van der Waals surface area contributed by atoms with E-state index in [4.69, 9.17) is 0 Å². The van der Waals surface area contributed by atoms with E-state index in [1.54, 1.807) is 0 Å². The summed E-state index contributed by atoms with van der Waals surface area (Å²) >= 11 is 0. The molecule has 0 unspecified atom stereocenters. The molecule has 0 aromatic heterocycles. The molecule has 0 N–H and O–H groups in total. The average Bonchev–Trinajstić information content (AvgIpc) is 1.65. The Morgan fingerprint density at radius 1 is 1.86 bits per heavy atom. The fraction of sp³-hybridized carbons (Fsp3) is 0.250. The van der Waals surface area contributed by atoms with Gasteiger partial charge in [0, 0.05) is 0 Å². The summed E-state index contributed by atoms with van der Waals surface area (Å²) in [5.41, 5.74) is 0. The van der Waals surface area contributed by atoms with Crippen LogP contribution in [-0.2, 0) is 9.53 Å². The lowest BCUT2D eigenvalue weighted by molar-refractivity contribution is -0.302. The van der Waals surface area contributed by atoms with Crippen LogP contribution in [0, 0.1) is 0 Å². The molecule has 0 amide bonds. The molecule has 0 rings (SSSR count). The van der Waals surface area contributed by atoms with Crippen LogP contribution in [0.2, 0.25) is 0 Å². The van der Waals surface area contributed by atoms with Crippen LogP contribution in [-0.4, -0.2) is 13.1 Å². The largest absolute Gasteiger partial charge is 0.542 e. The van der Waals surface area contributed by atoms with Crippen LogP contribution in [0.5, 0.6) is 0 Å². The van der Waals surface area contributed by atoms with E-state index >= 15 is 0 Å². The highest BCUT2D eigenvalue weighted by Gasteiger charge is 1.85. The molecule has 0 bridgehead atoms. The Morgan fingerprint density at radius 2 is 2.29 bits per heavy atom. The van der Waals surface area contributed by atoms with Crippen molar-refractivity contribution < 1.29 is 14.6 Å². The lowest BCUT2D eigenvalue weighted by atomic mass is 10.6. The molecule has 0 aromatic rings. The number of carboxylic acid groups (broad SMARTS) is 1. The van der Waals surface area contributed by atoms with Crippen molar-refractivity contribution in [3.05, 3.63) is 12.3 Å². The third-order valence-corrected chi connectivity index (χ3v) is 0.474. The third kappa shape index (κ3) is 1.81. The Kier molecular flexibility index (Phi) is 1.91. The minimum absolute atomic E-state index is 0.347. The van der Waals surface area contributed by atoms with Gasteiger partial charge >= 0.3 is 0 Å². The number of carbonyl (C=O) groups is 1. The first kappa shape index (κ1) is 6.01. The summed E-state index contributed by atoms with van der Waals surface area (Å²) in [6, 6.07) is 0. The maximum absolute atomic E-state index is 9.59. The molecule has 0 aliphatic rings. The van der Waals surface area contributed by atoms with Crippen molar-refractivity contribution in [1.29, 1.82) is 0 Å². The molecule has 0 atom stereocenters. The minimum atomic E-state index is -1.37. The van der Waals surface area contributed by atoms with Gasteiger partial charge in [-0.25, -0.2) is 0 Å². The summed E-state index contributed by atoms with van der Waals surface area (Å²) in [5.74, 6) is -1.72. The number of rotatable bonds is 2. The number of methoxy groups -OCH3 is 1. The molecule has 0 aliphatic heterocycles. The van der Waals surface area contributed by atoms with Gasteiger partial charge < -0.3 is 14.6 Å². The summed E-state index contributed by atoms with van der Waals surface area (Å²) < 4.78 is 4.16. The molecule has 7 heavy (non-hydrogen) atoms. The van der Waals surface area contributed by atoms with Crippen LogP contribution in [0.15, 0.2) is 12.3 Å². The van der Waals surface area contributed by atoms with Crippen molar-refractivity contribution in [1.82, 2.24) is 0 Å². The van der Waals surface area contributed by atoms with Crippen molar-refractivity contribution in [2.24, 2.45) is 0 Å². The normalized spacial score (nSPS) is 7.57. The summed E-state index contributed by atoms with van der Waals surface area (Å²) in [6.45, 7) is 2.99. The second-order valence-electron chi connectivity index (χ2n) is 0.915. The Balaban J connectivity index is 3.58. The van der Waals surface area contributed by atoms with Gasteiger partial charge in [0.25, 0.3) is 0 Å². The quantitative estimate of drug-likeness (QED) is 0.327. The van der Waals surface area contributed by atoms with Crippen LogP contribution in [0.3, 0.4) is 0 Å². The number of hydrogen-bond donors (Lipinski definition) is 0. The molecule has 0 heterocycles. The summed E-state index contributed by atoms with van der Waals surface area (Å²) in [6.07, 6.45) is 0. The van der Waals surface area contributed by atoms with E-state index in [-0.39, 0.29) is 5.76 Å². The summed E-state index contributed by atoms with van der Waals surface area (Å²) in [4.78, 5) is 9.59. The fourth-order valence-electron chi connectivity index (χ4n) is 0.0833. The van der Waals surface area contributed by atoms with Crippen molar-refractivity contribution in [2.75, 3.05) is 7.11 Å². The second kappa shape index (κ2) is 2.23. The van der Waals surface area contributed by atoms with Gasteiger partial charge in [0.05, 0.1) is 7.11 Å². The van der Waals surface area contributed by atoms with E-state index in [0.29, 0.717) is 0 Å². The van der Waals surface area contributed by atoms with Gasteiger partial charge in [0.15, 0.2) is 0 Å². The zero-order chi connectivity index (χ0) is 5.86. The highest BCUT2D eigenvalue weighted by atomic mass is 16.5. The summed E-state index contributed by atoms with van der Waals surface area (Å²) in [5, 5.41) is 9.59. The zero-order valence-electron chi connectivity index (χ0n) is 3.93. The molecule has 0 spiro atoms. The molecule has 0 fully saturated rings. The molecular weight excluding hydrogens is 96.0 g/mol. The molecule has 0 saturated heterocycles. The van der Waals surface area contributed by atoms with E-state index in [0.717, 1.165) is 0 Å². The van der Waals surface area contributed by atoms with Gasteiger partial charge in [-0.1, -0.05) is 6.58 Å². The number of carboxylic acids is 1. The van der Waals surface area contributed by atoms with Gasteiger partial charge in [0.1, 0.15) is 11.7 Å². The third-order valence-electron chi connectivity index (χ3n) is 0.474. The topological polar surface area (TPSA) is 49.4 Å². The van der Waals surface area contributed by atoms with Gasteiger partial charge in [-0.15, -0.1) is 0 Å². The van der Waals surface area contributed by atoms with Crippen LogP contribution in [0.25, 0.3) is 0 Å². The highest BCUT2D eigenvalue weighted by Crippen LogP contribution is 1.83. The second-order valence-corrected chi connectivity index (χ2v) is 0.915. The predicted molar refractivity (Wildman–Crippen MR) is 21.2 cm³/mol. The molecule has 0 saturated carbocycles. The van der Waals surface area contributed by atoms with Crippen molar-refractivity contribution >= 4 is 5.97 Å². The van der Waals surface area contributed by atoms with Crippen LogP contribution in [0.1, 0.15) is 0 Å². The lowest BCUT2D eigenvalue weighted by Gasteiger charge is -2.01. The number of ether oxygens (including phenoxy) is 1. The molecule has 40 valence electrons.